The number of carbonyl (C=O) groups is 1. The molecule has 118 valence electrons. The number of carboxylic acids is 1. The minimum atomic E-state index is -0.781. The molecule has 0 saturated carbocycles. The van der Waals surface area contributed by atoms with E-state index in [-0.39, 0.29) is 18.1 Å². The van der Waals surface area contributed by atoms with Crippen molar-refractivity contribution >= 4 is 12.0 Å². The van der Waals surface area contributed by atoms with Gasteiger partial charge in [-0.2, -0.15) is 0 Å². The van der Waals surface area contributed by atoms with Crippen LogP contribution >= 0.6 is 0 Å². The highest BCUT2D eigenvalue weighted by Gasteiger charge is 2.02. The summed E-state index contributed by atoms with van der Waals surface area (Å²) in [5, 5.41) is 18.2. The summed E-state index contributed by atoms with van der Waals surface area (Å²) in [5.41, 5.74) is 4.25. The third kappa shape index (κ3) is 6.00. The highest BCUT2D eigenvalue weighted by atomic mass is 16.4. The van der Waals surface area contributed by atoms with E-state index in [1.165, 1.54) is 0 Å². The minimum Gasteiger partial charge on any atom is -0.508 e. The van der Waals surface area contributed by atoms with Crippen molar-refractivity contribution < 1.29 is 15.0 Å². The third-order valence-corrected chi connectivity index (χ3v) is 3.39. The normalized spacial score (nSPS) is 13.9. The fraction of sp³-hybridized carbons (Fsp3) is 0.316. The number of aromatic hydroxyl groups is 1. The molecule has 0 saturated heterocycles. The van der Waals surface area contributed by atoms with Crippen molar-refractivity contribution in [3.8, 4) is 5.75 Å². The molecule has 0 spiro atoms. The zero-order valence-corrected chi connectivity index (χ0v) is 13.6. The fourth-order valence-corrected chi connectivity index (χ4v) is 2.23. The van der Waals surface area contributed by atoms with E-state index >= 15 is 0 Å². The summed E-state index contributed by atoms with van der Waals surface area (Å²) in [6.07, 6.45) is 9.93. The predicted octanol–water partition coefficient (Wildman–Crippen LogP) is 4.64. The number of carboxylic acid groups (broad SMARTS) is 1. The van der Waals surface area contributed by atoms with Gasteiger partial charge in [-0.3, -0.25) is 4.79 Å². The van der Waals surface area contributed by atoms with E-state index in [4.69, 9.17) is 5.11 Å². The second-order valence-electron chi connectivity index (χ2n) is 5.70. The van der Waals surface area contributed by atoms with Crippen LogP contribution in [0.4, 0.5) is 0 Å². The molecule has 0 aliphatic rings. The van der Waals surface area contributed by atoms with Crippen LogP contribution < -0.4 is 0 Å². The average Bonchev–Trinajstić information content (AvgIpc) is 2.36. The first kappa shape index (κ1) is 17.8. The lowest BCUT2D eigenvalue weighted by molar-refractivity contribution is -0.137. The first-order chi connectivity index (χ1) is 10.3. The Morgan fingerprint density at radius 1 is 1.27 bits per heavy atom. The third-order valence-electron chi connectivity index (χ3n) is 3.39. The largest absolute Gasteiger partial charge is 0.508 e. The maximum absolute atomic E-state index is 10.6. The monoisotopic (exact) mass is 300 g/mol. The molecule has 0 aliphatic heterocycles. The SMILES string of the molecule is CC(/C=C/c1c(C)cc(O)cc1C)=C\C=C\[C@@H](C)CC(=O)O. The van der Waals surface area contributed by atoms with Gasteiger partial charge in [-0.15, -0.1) is 0 Å². The number of rotatable bonds is 6. The Balaban J connectivity index is 2.76. The van der Waals surface area contributed by atoms with Crippen LogP contribution in [0.5, 0.6) is 5.75 Å². The molecular weight excluding hydrogens is 276 g/mol. The van der Waals surface area contributed by atoms with Crippen molar-refractivity contribution in [3.63, 3.8) is 0 Å². The summed E-state index contributed by atoms with van der Waals surface area (Å²) in [7, 11) is 0. The first-order valence-electron chi connectivity index (χ1n) is 7.34. The fourth-order valence-electron chi connectivity index (χ4n) is 2.23. The Morgan fingerprint density at radius 2 is 1.86 bits per heavy atom. The Morgan fingerprint density at radius 3 is 2.41 bits per heavy atom. The van der Waals surface area contributed by atoms with Gasteiger partial charge >= 0.3 is 5.97 Å². The molecule has 0 aliphatic carbocycles. The van der Waals surface area contributed by atoms with Crippen LogP contribution in [0.15, 0.2) is 42.0 Å². The molecule has 1 rings (SSSR count). The Bertz CT molecular complexity index is 599. The number of phenolic OH excluding ortho intramolecular Hbond substituents is 1. The summed E-state index contributed by atoms with van der Waals surface area (Å²) in [6, 6.07) is 3.50. The van der Waals surface area contributed by atoms with E-state index in [0.29, 0.717) is 0 Å². The first-order valence-corrected chi connectivity index (χ1v) is 7.34. The molecule has 2 N–H and O–H groups in total. The van der Waals surface area contributed by atoms with Crippen molar-refractivity contribution in [2.24, 2.45) is 5.92 Å². The summed E-state index contributed by atoms with van der Waals surface area (Å²) in [6.45, 7) is 7.82. The second-order valence-corrected chi connectivity index (χ2v) is 5.70. The Hall–Kier alpha value is -2.29. The highest BCUT2D eigenvalue weighted by molar-refractivity contribution is 5.67. The van der Waals surface area contributed by atoms with Crippen LogP contribution in [0.3, 0.4) is 0 Å². The lowest BCUT2D eigenvalue weighted by Gasteiger charge is -2.06. The molecule has 0 radical (unpaired) electrons. The second kappa shape index (κ2) is 8.23. The zero-order chi connectivity index (χ0) is 16.7. The summed E-state index contributed by atoms with van der Waals surface area (Å²) >= 11 is 0. The van der Waals surface area contributed by atoms with Crippen molar-refractivity contribution in [3.05, 3.63) is 58.7 Å². The van der Waals surface area contributed by atoms with Gasteiger partial charge in [0, 0.05) is 0 Å². The lowest BCUT2D eigenvalue weighted by Crippen LogP contribution is -2.00. The standard InChI is InChI=1S/C19H24O3/c1-13(6-5-7-14(2)10-19(21)22)8-9-18-15(3)11-17(20)12-16(18)4/h5-9,11-12,14,20H,10H2,1-4H3,(H,21,22)/b7-5+,9-8+,13-6+/t14-/m1/s1. The van der Waals surface area contributed by atoms with Gasteiger partial charge in [0.2, 0.25) is 0 Å². The molecule has 0 bridgehead atoms. The molecular formula is C19H24O3. The number of benzene rings is 1. The van der Waals surface area contributed by atoms with Crippen molar-refractivity contribution in [2.45, 2.75) is 34.1 Å². The van der Waals surface area contributed by atoms with Gasteiger partial charge in [-0.05, 0) is 55.5 Å². The van der Waals surface area contributed by atoms with Crippen LogP contribution in [-0.4, -0.2) is 16.2 Å². The quantitative estimate of drug-likeness (QED) is 0.753. The smallest absolute Gasteiger partial charge is 0.303 e. The van der Waals surface area contributed by atoms with Gasteiger partial charge < -0.3 is 10.2 Å². The van der Waals surface area contributed by atoms with Crippen LogP contribution in [0.1, 0.15) is 37.0 Å². The molecule has 1 aromatic carbocycles. The van der Waals surface area contributed by atoms with E-state index in [0.717, 1.165) is 22.3 Å². The predicted molar refractivity (Wildman–Crippen MR) is 90.9 cm³/mol. The summed E-state index contributed by atoms with van der Waals surface area (Å²) in [5.74, 6) is -0.474. The number of aliphatic carboxylic acids is 1. The number of aryl methyl sites for hydroxylation is 2. The number of hydrogen-bond donors (Lipinski definition) is 2. The molecule has 3 nitrogen and oxygen atoms in total. The van der Waals surface area contributed by atoms with Gasteiger partial charge in [0.15, 0.2) is 0 Å². The summed E-state index contributed by atoms with van der Waals surface area (Å²) < 4.78 is 0. The summed E-state index contributed by atoms with van der Waals surface area (Å²) in [4.78, 5) is 10.6. The van der Waals surface area contributed by atoms with Crippen LogP contribution in [0, 0.1) is 19.8 Å². The van der Waals surface area contributed by atoms with Gasteiger partial charge in [-0.25, -0.2) is 0 Å². The molecule has 0 aromatic heterocycles. The van der Waals surface area contributed by atoms with Crippen molar-refractivity contribution in [2.75, 3.05) is 0 Å². The maximum atomic E-state index is 10.6. The number of allylic oxidation sites excluding steroid dienone is 5. The lowest BCUT2D eigenvalue weighted by atomic mass is 10.0. The van der Waals surface area contributed by atoms with Crippen molar-refractivity contribution in [1.82, 2.24) is 0 Å². The zero-order valence-electron chi connectivity index (χ0n) is 13.6. The molecule has 1 atom stereocenters. The molecule has 0 fully saturated rings. The minimum absolute atomic E-state index is 0.0205. The van der Waals surface area contributed by atoms with Gasteiger partial charge in [0.05, 0.1) is 6.42 Å². The van der Waals surface area contributed by atoms with E-state index in [9.17, 15) is 9.90 Å². The van der Waals surface area contributed by atoms with Gasteiger partial charge in [0.1, 0.15) is 5.75 Å². The number of phenols is 1. The van der Waals surface area contributed by atoms with Crippen molar-refractivity contribution in [1.29, 1.82) is 0 Å². The Kier molecular flexibility index (Phi) is 6.64. The van der Waals surface area contributed by atoms with E-state index in [1.54, 1.807) is 12.1 Å². The number of hydrogen-bond acceptors (Lipinski definition) is 2. The molecule has 0 amide bonds. The van der Waals surface area contributed by atoms with Crippen LogP contribution in [0.25, 0.3) is 6.08 Å². The van der Waals surface area contributed by atoms with Crippen LogP contribution in [-0.2, 0) is 4.79 Å². The molecule has 1 aromatic rings. The van der Waals surface area contributed by atoms with Gasteiger partial charge in [0.25, 0.3) is 0 Å². The van der Waals surface area contributed by atoms with E-state index in [2.05, 4.69) is 0 Å². The maximum Gasteiger partial charge on any atom is 0.303 e. The Labute approximate surface area is 132 Å². The van der Waals surface area contributed by atoms with Gasteiger partial charge in [-0.1, -0.05) is 42.9 Å². The van der Waals surface area contributed by atoms with E-state index < -0.39 is 5.97 Å². The molecule has 3 heteroatoms. The molecule has 0 unspecified atom stereocenters. The highest BCUT2D eigenvalue weighted by Crippen LogP contribution is 2.22. The molecule has 22 heavy (non-hydrogen) atoms. The van der Waals surface area contributed by atoms with E-state index in [1.807, 2.05) is 58.1 Å². The van der Waals surface area contributed by atoms with Crippen LogP contribution in [0.2, 0.25) is 0 Å². The topological polar surface area (TPSA) is 57.5 Å². The average molecular weight is 300 g/mol. The molecule has 0 heterocycles.